The van der Waals surface area contributed by atoms with Gasteiger partial charge in [-0.15, -0.1) is 0 Å². The standard InChI is InChI=1S/C13H16N2O5S/c16-12(17)9-20-11-4-2-1-3-10(11)14-13(18)15-5-7-21(19)8-6-15/h1-4H,5-9H2,(H,14,18)(H,16,17). The van der Waals surface area contributed by atoms with Gasteiger partial charge in [0.05, 0.1) is 5.69 Å². The first-order valence-corrected chi connectivity index (χ1v) is 7.89. The van der Waals surface area contributed by atoms with Gasteiger partial charge in [0.15, 0.2) is 6.61 Å². The van der Waals surface area contributed by atoms with E-state index >= 15 is 0 Å². The second kappa shape index (κ2) is 7.07. The number of rotatable bonds is 4. The van der Waals surface area contributed by atoms with E-state index in [1.807, 2.05) is 0 Å². The molecule has 0 unspecified atom stereocenters. The lowest BCUT2D eigenvalue weighted by molar-refractivity contribution is -0.139. The first-order valence-electron chi connectivity index (χ1n) is 6.41. The third-order valence-corrected chi connectivity index (χ3v) is 4.22. The largest absolute Gasteiger partial charge is 0.480 e. The Morgan fingerprint density at radius 3 is 2.62 bits per heavy atom. The van der Waals surface area contributed by atoms with Crippen molar-refractivity contribution in [3.63, 3.8) is 0 Å². The minimum atomic E-state index is -1.09. The van der Waals surface area contributed by atoms with Gasteiger partial charge in [-0.25, -0.2) is 9.59 Å². The number of carbonyl (C=O) groups is 2. The average molecular weight is 312 g/mol. The number of urea groups is 1. The molecule has 1 fully saturated rings. The van der Waals surface area contributed by atoms with Crippen molar-refractivity contribution in [1.29, 1.82) is 0 Å². The van der Waals surface area contributed by atoms with Crippen LogP contribution in [0.5, 0.6) is 5.75 Å². The Morgan fingerprint density at radius 2 is 1.95 bits per heavy atom. The maximum Gasteiger partial charge on any atom is 0.341 e. The van der Waals surface area contributed by atoms with E-state index in [0.29, 0.717) is 36.0 Å². The number of carbonyl (C=O) groups excluding carboxylic acids is 1. The number of hydrogen-bond donors (Lipinski definition) is 2. The molecular weight excluding hydrogens is 296 g/mol. The van der Waals surface area contributed by atoms with E-state index < -0.39 is 23.4 Å². The molecule has 0 spiro atoms. The Labute approximate surface area is 124 Å². The molecule has 1 saturated heterocycles. The molecule has 1 aliphatic rings. The number of ether oxygens (including phenoxy) is 1. The van der Waals surface area contributed by atoms with Crippen LogP contribution in [0.3, 0.4) is 0 Å². The van der Waals surface area contributed by atoms with E-state index in [9.17, 15) is 13.8 Å². The normalized spacial score (nSPS) is 15.5. The molecule has 1 aromatic carbocycles. The first-order chi connectivity index (χ1) is 10.1. The van der Waals surface area contributed by atoms with Crippen LogP contribution >= 0.6 is 0 Å². The van der Waals surface area contributed by atoms with Crippen LogP contribution < -0.4 is 10.1 Å². The van der Waals surface area contributed by atoms with Gasteiger partial charge in [-0.1, -0.05) is 12.1 Å². The van der Waals surface area contributed by atoms with Crippen LogP contribution in [-0.2, 0) is 15.6 Å². The molecule has 2 amide bonds. The first kappa shape index (κ1) is 15.3. The van der Waals surface area contributed by atoms with E-state index in [1.54, 1.807) is 29.2 Å². The summed E-state index contributed by atoms with van der Waals surface area (Å²) in [6.45, 7) is 0.406. The Kier molecular flexibility index (Phi) is 5.15. The van der Waals surface area contributed by atoms with Crippen molar-refractivity contribution in [3.05, 3.63) is 24.3 Å². The van der Waals surface area contributed by atoms with Gasteiger partial charge in [-0.05, 0) is 12.1 Å². The Morgan fingerprint density at radius 1 is 1.29 bits per heavy atom. The van der Waals surface area contributed by atoms with Crippen molar-refractivity contribution < 1.29 is 23.6 Å². The molecule has 8 heteroatoms. The van der Waals surface area contributed by atoms with Crippen molar-refractivity contribution in [2.45, 2.75) is 0 Å². The molecule has 0 saturated carbocycles. The number of amides is 2. The van der Waals surface area contributed by atoms with Crippen LogP contribution in [0.25, 0.3) is 0 Å². The summed E-state index contributed by atoms with van der Waals surface area (Å²) in [6, 6.07) is 6.32. The highest BCUT2D eigenvalue weighted by Gasteiger charge is 2.20. The molecule has 7 nitrogen and oxygen atoms in total. The fraction of sp³-hybridized carbons (Fsp3) is 0.385. The summed E-state index contributed by atoms with van der Waals surface area (Å²) in [7, 11) is -0.848. The summed E-state index contributed by atoms with van der Waals surface area (Å²) in [4.78, 5) is 24.2. The van der Waals surface area contributed by atoms with Crippen LogP contribution in [0.4, 0.5) is 10.5 Å². The van der Waals surface area contributed by atoms with Crippen LogP contribution in [0, 0.1) is 0 Å². The van der Waals surface area contributed by atoms with Gasteiger partial charge < -0.3 is 20.1 Å². The summed E-state index contributed by atoms with van der Waals surface area (Å²) in [6.07, 6.45) is 0. The zero-order valence-corrected chi connectivity index (χ0v) is 12.1. The third kappa shape index (κ3) is 4.45. The van der Waals surface area contributed by atoms with Gasteiger partial charge in [-0.2, -0.15) is 0 Å². The van der Waals surface area contributed by atoms with Crippen LogP contribution in [0.15, 0.2) is 24.3 Å². The maximum atomic E-state index is 12.1. The van der Waals surface area contributed by atoms with Crippen molar-refractivity contribution >= 4 is 28.5 Å². The summed E-state index contributed by atoms with van der Waals surface area (Å²) in [5.41, 5.74) is 0.412. The molecule has 2 N–H and O–H groups in total. The van der Waals surface area contributed by atoms with Gasteiger partial charge >= 0.3 is 12.0 Å². The predicted octanol–water partition coefficient (Wildman–Crippen LogP) is 0.746. The van der Waals surface area contributed by atoms with Gasteiger partial charge in [0.25, 0.3) is 0 Å². The fourth-order valence-corrected chi connectivity index (χ4v) is 2.92. The van der Waals surface area contributed by atoms with Gasteiger partial charge in [0.2, 0.25) is 0 Å². The number of carboxylic acids is 1. The van der Waals surface area contributed by atoms with E-state index in [2.05, 4.69) is 5.32 Å². The zero-order chi connectivity index (χ0) is 15.2. The molecule has 0 atom stereocenters. The van der Waals surface area contributed by atoms with Crippen LogP contribution in [0.1, 0.15) is 0 Å². The lowest BCUT2D eigenvalue weighted by Crippen LogP contribution is -2.44. The van der Waals surface area contributed by atoms with Gasteiger partial charge in [-0.3, -0.25) is 4.21 Å². The van der Waals surface area contributed by atoms with E-state index in [0.717, 1.165) is 0 Å². The molecule has 0 aliphatic carbocycles. The van der Waals surface area contributed by atoms with Crippen LogP contribution in [-0.4, -0.2) is 57.4 Å². The Balaban J connectivity index is 2.00. The molecule has 1 aliphatic heterocycles. The Hall–Kier alpha value is -2.09. The number of para-hydroxylation sites is 2. The number of benzene rings is 1. The second-order valence-electron chi connectivity index (χ2n) is 4.44. The molecule has 0 bridgehead atoms. The monoisotopic (exact) mass is 312 g/mol. The quantitative estimate of drug-likeness (QED) is 0.855. The summed E-state index contributed by atoms with van der Waals surface area (Å²) >= 11 is 0. The molecule has 114 valence electrons. The predicted molar refractivity (Wildman–Crippen MR) is 78.0 cm³/mol. The smallest absolute Gasteiger partial charge is 0.341 e. The van der Waals surface area contributed by atoms with Crippen molar-refractivity contribution in [2.75, 3.05) is 36.5 Å². The topological polar surface area (TPSA) is 95.9 Å². The van der Waals surface area contributed by atoms with Crippen molar-refractivity contribution in [2.24, 2.45) is 0 Å². The number of anilines is 1. The van der Waals surface area contributed by atoms with Crippen molar-refractivity contribution in [1.82, 2.24) is 4.90 Å². The SMILES string of the molecule is O=C(O)COc1ccccc1NC(=O)N1CCS(=O)CC1. The number of aliphatic carboxylic acids is 1. The van der Waals surface area contributed by atoms with Crippen molar-refractivity contribution in [3.8, 4) is 5.75 Å². The summed E-state index contributed by atoms with van der Waals surface area (Å²) < 4.78 is 16.4. The number of carboxylic acid groups (broad SMARTS) is 1. The summed E-state index contributed by atoms with van der Waals surface area (Å²) in [5.74, 6) is 0.165. The molecule has 21 heavy (non-hydrogen) atoms. The van der Waals surface area contributed by atoms with Gasteiger partial charge in [0, 0.05) is 35.4 Å². The molecular formula is C13H16N2O5S. The zero-order valence-electron chi connectivity index (χ0n) is 11.3. The second-order valence-corrected chi connectivity index (χ2v) is 6.14. The molecule has 2 rings (SSSR count). The van der Waals surface area contributed by atoms with Gasteiger partial charge in [0.1, 0.15) is 5.75 Å². The average Bonchev–Trinajstić information content (AvgIpc) is 2.47. The lowest BCUT2D eigenvalue weighted by atomic mass is 10.3. The fourth-order valence-electron chi connectivity index (χ4n) is 1.87. The van der Waals surface area contributed by atoms with E-state index in [4.69, 9.17) is 9.84 Å². The molecule has 0 radical (unpaired) electrons. The maximum absolute atomic E-state index is 12.1. The Bertz CT molecular complexity index is 553. The molecule has 0 aromatic heterocycles. The molecule has 1 aromatic rings. The van der Waals surface area contributed by atoms with E-state index in [1.165, 1.54) is 0 Å². The highest BCUT2D eigenvalue weighted by molar-refractivity contribution is 7.85. The van der Waals surface area contributed by atoms with E-state index in [-0.39, 0.29) is 6.03 Å². The highest BCUT2D eigenvalue weighted by Crippen LogP contribution is 2.24. The minimum absolute atomic E-state index is 0.300. The minimum Gasteiger partial charge on any atom is -0.480 e. The summed E-state index contributed by atoms with van der Waals surface area (Å²) in [5, 5.41) is 11.3. The lowest BCUT2D eigenvalue weighted by Gasteiger charge is -2.26. The third-order valence-electron chi connectivity index (χ3n) is 2.94. The number of nitrogens with zero attached hydrogens (tertiary/aromatic N) is 1. The number of hydrogen-bond acceptors (Lipinski definition) is 4. The number of nitrogens with one attached hydrogen (secondary N) is 1. The van der Waals surface area contributed by atoms with Crippen LogP contribution in [0.2, 0.25) is 0 Å². The molecule has 1 heterocycles. The highest BCUT2D eigenvalue weighted by atomic mass is 32.2.